The van der Waals surface area contributed by atoms with Crippen LogP contribution in [0.4, 0.5) is 11.5 Å². The first-order chi connectivity index (χ1) is 15.0. The molecule has 6 nitrogen and oxygen atoms in total. The third kappa shape index (κ3) is 5.02. The van der Waals surface area contributed by atoms with Crippen molar-refractivity contribution in [3.05, 3.63) is 82.3 Å². The van der Waals surface area contributed by atoms with Crippen molar-refractivity contribution in [1.82, 2.24) is 4.98 Å². The highest BCUT2D eigenvalue weighted by molar-refractivity contribution is 6.33. The number of amides is 1. The van der Waals surface area contributed by atoms with Crippen molar-refractivity contribution in [2.45, 2.75) is 13.3 Å². The molecule has 0 radical (unpaired) electrons. The van der Waals surface area contributed by atoms with E-state index in [1.807, 2.05) is 19.1 Å². The van der Waals surface area contributed by atoms with Gasteiger partial charge in [0.25, 0.3) is 11.7 Å². The molecule has 1 amide bonds. The second-order valence-corrected chi connectivity index (χ2v) is 7.33. The molecule has 0 aliphatic carbocycles. The van der Waals surface area contributed by atoms with Crippen molar-refractivity contribution >= 4 is 29.0 Å². The number of hydrogen-bond donors (Lipinski definition) is 1. The molecule has 0 fully saturated rings. The largest absolute Gasteiger partial charge is 0.491 e. The number of carbonyl (C=O) groups is 1. The average molecular weight is 436 g/mol. The van der Waals surface area contributed by atoms with Gasteiger partial charge in [-0.3, -0.25) is 4.79 Å². The molecule has 7 heteroatoms. The van der Waals surface area contributed by atoms with E-state index in [2.05, 4.69) is 9.83 Å². The zero-order valence-corrected chi connectivity index (χ0v) is 18.1. The second-order valence-electron chi connectivity index (χ2n) is 6.92. The van der Waals surface area contributed by atoms with Gasteiger partial charge in [-0.15, -0.1) is 4.98 Å². The first-order valence-corrected chi connectivity index (χ1v) is 10.1. The van der Waals surface area contributed by atoms with Crippen LogP contribution in [0.3, 0.4) is 0 Å². The lowest BCUT2D eigenvalue weighted by Gasteiger charge is -2.21. The summed E-state index contributed by atoms with van der Waals surface area (Å²) in [6.07, 6.45) is 2.11. The molecule has 1 aromatic heterocycles. The minimum atomic E-state index is -0.223. The summed E-state index contributed by atoms with van der Waals surface area (Å²) in [6.45, 7) is 9.38. The van der Waals surface area contributed by atoms with Gasteiger partial charge in [0.05, 0.1) is 12.3 Å². The fourth-order valence-electron chi connectivity index (χ4n) is 3.16. The number of carbonyl (C=O) groups excluding carboxylic acids is 1. The summed E-state index contributed by atoms with van der Waals surface area (Å²) in [7, 11) is 1.68. The van der Waals surface area contributed by atoms with E-state index in [9.17, 15) is 4.79 Å². The highest BCUT2D eigenvalue weighted by atomic mass is 35.5. The number of ether oxygens (including phenoxy) is 1. The van der Waals surface area contributed by atoms with Gasteiger partial charge in [0.1, 0.15) is 11.9 Å². The van der Waals surface area contributed by atoms with Crippen LogP contribution >= 0.6 is 11.6 Å². The second kappa shape index (κ2) is 10.1. The lowest BCUT2D eigenvalue weighted by molar-refractivity contribution is 0.0992. The molecule has 0 aliphatic heterocycles. The minimum Gasteiger partial charge on any atom is -0.491 e. The average Bonchev–Trinajstić information content (AvgIpc) is 2.79. The summed E-state index contributed by atoms with van der Waals surface area (Å²) in [6, 6.07) is 14.0. The van der Waals surface area contributed by atoms with Crippen molar-refractivity contribution in [2.75, 3.05) is 25.2 Å². The molecular weight excluding hydrogens is 414 g/mol. The minimum absolute atomic E-state index is 0.0373. The summed E-state index contributed by atoms with van der Waals surface area (Å²) in [5, 5.41) is 9.47. The van der Waals surface area contributed by atoms with Gasteiger partial charge in [-0.25, -0.2) is 0 Å². The van der Waals surface area contributed by atoms with Gasteiger partial charge in [-0.1, -0.05) is 30.3 Å². The maximum Gasteiger partial charge on any atom is 0.269 e. The molecule has 3 aromatic rings. The van der Waals surface area contributed by atoms with E-state index in [1.54, 1.807) is 49.6 Å². The van der Waals surface area contributed by atoms with Crippen LogP contribution in [-0.4, -0.2) is 36.3 Å². The van der Waals surface area contributed by atoms with Gasteiger partial charge in [-0.2, -0.15) is 0 Å². The van der Waals surface area contributed by atoms with Crippen molar-refractivity contribution in [3.8, 4) is 16.9 Å². The molecular formula is C24H22ClN3O3. The number of nitrogens with zero attached hydrogens (tertiary/aromatic N) is 3. The lowest BCUT2D eigenvalue weighted by Crippen LogP contribution is -2.26. The Bertz CT molecular complexity index is 1140. The molecule has 0 spiro atoms. The summed E-state index contributed by atoms with van der Waals surface area (Å²) in [5.74, 6) is 0.650. The predicted molar refractivity (Wildman–Crippen MR) is 122 cm³/mol. The normalized spacial score (nSPS) is 10.4. The Labute approximate surface area is 186 Å². The number of aromatic nitrogens is 1. The third-order valence-electron chi connectivity index (χ3n) is 4.81. The van der Waals surface area contributed by atoms with Gasteiger partial charge >= 0.3 is 0 Å². The third-order valence-corrected chi connectivity index (χ3v) is 5.14. The zero-order valence-electron chi connectivity index (χ0n) is 17.3. The Hall–Kier alpha value is -3.40. The van der Waals surface area contributed by atoms with Gasteiger partial charge in [-0.05, 0) is 48.9 Å². The van der Waals surface area contributed by atoms with Gasteiger partial charge < -0.3 is 19.6 Å². The van der Waals surface area contributed by atoms with Crippen LogP contribution in [0.25, 0.3) is 16.0 Å². The Balaban J connectivity index is 1.93. The van der Waals surface area contributed by atoms with Crippen LogP contribution in [0.2, 0.25) is 5.02 Å². The summed E-state index contributed by atoms with van der Waals surface area (Å²) < 4.78 is 5.73. The molecule has 2 aromatic carbocycles. The van der Waals surface area contributed by atoms with Crippen molar-refractivity contribution in [3.63, 3.8) is 0 Å². The van der Waals surface area contributed by atoms with Crippen LogP contribution in [0.5, 0.6) is 5.75 Å². The Morgan fingerprint density at radius 2 is 2.00 bits per heavy atom. The quantitative estimate of drug-likeness (QED) is 0.404. The number of aryl methyl sites for hydroxylation is 1. The standard InChI is InChI=1S/C24H22ClN3O3/c1-16-13-23(26-2)27-15-19(16)18-14-17(9-10-20(18)25)24(30)28(3)21-7-4-5-8-22(21)31-12-6-11-29/h4-5,7-10,13-15,29H,6,11-12H2,1,3H3. The van der Waals surface area contributed by atoms with Crippen LogP contribution in [0.15, 0.2) is 54.7 Å². The van der Waals surface area contributed by atoms with E-state index >= 15 is 0 Å². The van der Waals surface area contributed by atoms with Crippen LogP contribution in [0.1, 0.15) is 22.3 Å². The summed E-state index contributed by atoms with van der Waals surface area (Å²) >= 11 is 6.42. The first kappa shape index (κ1) is 22.3. The van der Waals surface area contributed by atoms with Gasteiger partial charge in [0.15, 0.2) is 0 Å². The number of para-hydroxylation sites is 2. The SMILES string of the molecule is [C-]#[N+]c1cc(C)c(-c2cc(C(=O)N(C)c3ccccc3OCCCO)ccc2Cl)cn1. The fourth-order valence-corrected chi connectivity index (χ4v) is 3.37. The van der Waals surface area contributed by atoms with Crippen LogP contribution in [-0.2, 0) is 0 Å². The summed E-state index contributed by atoms with van der Waals surface area (Å²) in [4.78, 5) is 22.2. The molecule has 0 atom stereocenters. The van der Waals surface area contributed by atoms with Gasteiger partial charge in [0, 0.05) is 41.8 Å². The smallest absolute Gasteiger partial charge is 0.269 e. The Kier molecular flexibility index (Phi) is 7.24. The highest BCUT2D eigenvalue weighted by Crippen LogP contribution is 2.33. The molecule has 0 unspecified atom stereocenters. The summed E-state index contributed by atoms with van der Waals surface area (Å²) in [5.41, 5.74) is 3.38. The number of aliphatic hydroxyl groups is 1. The fraction of sp³-hybridized carbons (Fsp3) is 0.208. The molecule has 31 heavy (non-hydrogen) atoms. The van der Waals surface area contributed by atoms with E-state index in [0.717, 1.165) is 11.1 Å². The number of anilines is 1. The lowest BCUT2D eigenvalue weighted by atomic mass is 10.00. The number of rotatable bonds is 7. The Morgan fingerprint density at radius 1 is 1.23 bits per heavy atom. The van der Waals surface area contributed by atoms with E-state index in [0.29, 0.717) is 46.4 Å². The number of benzene rings is 2. The topological polar surface area (TPSA) is 67.0 Å². The molecule has 1 heterocycles. The van der Waals surface area contributed by atoms with Crippen molar-refractivity contribution in [1.29, 1.82) is 0 Å². The van der Waals surface area contributed by atoms with E-state index in [4.69, 9.17) is 28.0 Å². The molecule has 1 N–H and O–H groups in total. The molecule has 0 saturated carbocycles. The number of aliphatic hydroxyl groups excluding tert-OH is 1. The van der Waals surface area contributed by atoms with E-state index < -0.39 is 0 Å². The molecule has 3 rings (SSSR count). The first-order valence-electron chi connectivity index (χ1n) is 9.71. The number of halogens is 1. The van der Waals surface area contributed by atoms with Crippen LogP contribution in [0, 0.1) is 13.5 Å². The molecule has 158 valence electrons. The molecule has 0 bridgehead atoms. The molecule has 0 aliphatic rings. The maximum absolute atomic E-state index is 13.2. The number of pyridine rings is 1. The Morgan fingerprint density at radius 3 is 2.71 bits per heavy atom. The number of hydrogen-bond acceptors (Lipinski definition) is 4. The maximum atomic E-state index is 13.2. The highest BCUT2D eigenvalue weighted by Gasteiger charge is 2.19. The van der Waals surface area contributed by atoms with E-state index in [1.165, 1.54) is 4.90 Å². The van der Waals surface area contributed by atoms with Gasteiger partial charge in [0.2, 0.25) is 0 Å². The van der Waals surface area contributed by atoms with Crippen molar-refractivity contribution < 1.29 is 14.6 Å². The molecule has 0 saturated heterocycles. The van der Waals surface area contributed by atoms with E-state index in [-0.39, 0.29) is 12.5 Å². The van der Waals surface area contributed by atoms with Crippen LogP contribution < -0.4 is 9.64 Å². The monoisotopic (exact) mass is 435 g/mol. The zero-order chi connectivity index (χ0) is 22.4. The predicted octanol–water partition coefficient (Wildman–Crippen LogP) is 5.30. The van der Waals surface area contributed by atoms with Crippen molar-refractivity contribution in [2.24, 2.45) is 0 Å².